The average molecular weight is 311 g/mol. The first-order chi connectivity index (χ1) is 10.1. The lowest BCUT2D eigenvalue weighted by atomic mass is 9.95. The highest BCUT2D eigenvalue weighted by molar-refractivity contribution is 6.31. The second-order valence-corrected chi connectivity index (χ2v) is 6.58. The van der Waals surface area contributed by atoms with E-state index in [0.717, 1.165) is 19.5 Å². The van der Waals surface area contributed by atoms with Crippen LogP contribution in [0.25, 0.3) is 0 Å². The summed E-state index contributed by atoms with van der Waals surface area (Å²) in [5.41, 5.74) is 0.498. The van der Waals surface area contributed by atoms with E-state index in [-0.39, 0.29) is 29.6 Å². The van der Waals surface area contributed by atoms with Gasteiger partial charge in [-0.1, -0.05) is 24.6 Å². The van der Waals surface area contributed by atoms with E-state index in [1.54, 1.807) is 12.1 Å². The molecular formula is C16H20ClFN2O. The Labute approximate surface area is 129 Å². The van der Waals surface area contributed by atoms with E-state index in [2.05, 4.69) is 17.6 Å². The van der Waals surface area contributed by atoms with Gasteiger partial charge in [0.25, 0.3) is 0 Å². The number of nitrogens with one attached hydrogen (secondary N) is 2. The number of benzene rings is 1. The quantitative estimate of drug-likeness (QED) is 0.901. The molecule has 21 heavy (non-hydrogen) atoms. The summed E-state index contributed by atoms with van der Waals surface area (Å²) in [6.45, 7) is 4.00. The second kappa shape index (κ2) is 5.93. The molecule has 5 heteroatoms. The highest BCUT2D eigenvalue weighted by Gasteiger charge is 2.46. The minimum Gasteiger partial charge on any atom is -0.353 e. The molecule has 0 aromatic heterocycles. The molecule has 2 aliphatic rings. The van der Waals surface area contributed by atoms with Gasteiger partial charge in [0, 0.05) is 28.5 Å². The number of carbonyl (C=O) groups is 1. The third kappa shape index (κ3) is 3.06. The molecule has 114 valence electrons. The van der Waals surface area contributed by atoms with E-state index in [9.17, 15) is 9.18 Å². The van der Waals surface area contributed by atoms with Crippen LogP contribution in [0.3, 0.4) is 0 Å². The molecule has 2 N–H and O–H groups in total. The van der Waals surface area contributed by atoms with E-state index in [1.807, 2.05) is 0 Å². The monoisotopic (exact) mass is 310 g/mol. The van der Waals surface area contributed by atoms with Gasteiger partial charge in [-0.2, -0.15) is 0 Å². The van der Waals surface area contributed by atoms with Crippen molar-refractivity contribution >= 4 is 17.5 Å². The van der Waals surface area contributed by atoms with Gasteiger partial charge in [0.2, 0.25) is 5.91 Å². The summed E-state index contributed by atoms with van der Waals surface area (Å²) in [5.74, 6) is -0.0507. The van der Waals surface area contributed by atoms with Crippen LogP contribution in [0.4, 0.5) is 4.39 Å². The van der Waals surface area contributed by atoms with Crippen molar-refractivity contribution in [2.45, 2.75) is 31.7 Å². The summed E-state index contributed by atoms with van der Waals surface area (Å²) < 4.78 is 13.9. The van der Waals surface area contributed by atoms with Crippen molar-refractivity contribution in [3.8, 4) is 0 Å². The van der Waals surface area contributed by atoms with Crippen LogP contribution in [0.15, 0.2) is 18.2 Å². The molecule has 1 aliphatic carbocycles. The Morgan fingerprint density at radius 2 is 2.29 bits per heavy atom. The molecule has 3 nitrogen and oxygen atoms in total. The van der Waals surface area contributed by atoms with Crippen molar-refractivity contribution in [2.24, 2.45) is 11.8 Å². The third-order valence-corrected chi connectivity index (χ3v) is 4.94. The molecule has 1 amide bonds. The number of carbonyl (C=O) groups excluding carboxylic acids is 1. The third-order valence-electron chi connectivity index (χ3n) is 4.61. The number of halogens is 2. The molecule has 1 saturated carbocycles. The standard InChI is InChI=1S/C16H20ClFN2O/c1-9-8-19-6-5-14(9)20-16(21)11-7-10(11)15-12(17)3-2-4-13(15)18/h2-4,9-11,14,19H,5-8H2,1H3,(H,20,21). The molecule has 1 aromatic rings. The summed E-state index contributed by atoms with van der Waals surface area (Å²) in [7, 11) is 0. The highest BCUT2D eigenvalue weighted by atomic mass is 35.5. The molecule has 1 aliphatic heterocycles. The largest absolute Gasteiger partial charge is 0.353 e. The van der Waals surface area contributed by atoms with Crippen LogP contribution in [0.2, 0.25) is 5.02 Å². The van der Waals surface area contributed by atoms with Crippen molar-refractivity contribution in [2.75, 3.05) is 13.1 Å². The SMILES string of the molecule is CC1CNCCC1NC(=O)C1CC1c1c(F)cccc1Cl. The Morgan fingerprint density at radius 3 is 3.00 bits per heavy atom. The van der Waals surface area contributed by atoms with Crippen molar-refractivity contribution < 1.29 is 9.18 Å². The van der Waals surface area contributed by atoms with E-state index >= 15 is 0 Å². The van der Waals surface area contributed by atoms with E-state index in [4.69, 9.17) is 11.6 Å². The van der Waals surface area contributed by atoms with Crippen molar-refractivity contribution in [3.05, 3.63) is 34.6 Å². The smallest absolute Gasteiger partial charge is 0.223 e. The van der Waals surface area contributed by atoms with Crippen LogP contribution in [-0.2, 0) is 4.79 Å². The Balaban J connectivity index is 1.63. The highest BCUT2D eigenvalue weighted by Crippen LogP contribution is 2.50. The maximum absolute atomic E-state index is 13.9. The Morgan fingerprint density at radius 1 is 1.48 bits per heavy atom. The number of rotatable bonds is 3. The molecule has 1 aromatic carbocycles. The average Bonchev–Trinajstić information content (AvgIpc) is 3.21. The topological polar surface area (TPSA) is 41.1 Å². The van der Waals surface area contributed by atoms with E-state index in [1.165, 1.54) is 6.07 Å². The zero-order valence-electron chi connectivity index (χ0n) is 12.0. The molecule has 1 heterocycles. The predicted molar refractivity (Wildman–Crippen MR) is 80.8 cm³/mol. The van der Waals surface area contributed by atoms with Crippen molar-refractivity contribution in [1.29, 1.82) is 0 Å². The summed E-state index contributed by atoms with van der Waals surface area (Å²) >= 11 is 6.07. The van der Waals surface area contributed by atoms with Gasteiger partial charge in [0.1, 0.15) is 5.82 Å². The Kier molecular flexibility index (Phi) is 4.18. The van der Waals surface area contributed by atoms with Gasteiger partial charge >= 0.3 is 0 Å². The first-order valence-corrected chi connectivity index (χ1v) is 7.90. The summed E-state index contributed by atoms with van der Waals surface area (Å²) in [5, 5.41) is 6.86. The molecule has 4 atom stereocenters. The molecular weight excluding hydrogens is 291 g/mol. The number of hydrogen-bond donors (Lipinski definition) is 2. The summed E-state index contributed by atoms with van der Waals surface area (Å²) in [4.78, 5) is 12.3. The lowest BCUT2D eigenvalue weighted by Gasteiger charge is -2.30. The molecule has 0 bridgehead atoms. The normalized spacial score (nSPS) is 31.8. The number of piperidine rings is 1. The van der Waals surface area contributed by atoms with E-state index in [0.29, 0.717) is 22.9 Å². The van der Waals surface area contributed by atoms with Gasteiger partial charge in [-0.05, 0) is 44.0 Å². The van der Waals surface area contributed by atoms with Crippen LogP contribution >= 0.6 is 11.6 Å². The fraction of sp³-hybridized carbons (Fsp3) is 0.562. The van der Waals surface area contributed by atoms with Crippen molar-refractivity contribution in [3.63, 3.8) is 0 Å². The van der Waals surface area contributed by atoms with Gasteiger partial charge in [-0.3, -0.25) is 4.79 Å². The lowest BCUT2D eigenvalue weighted by molar-refractivity contribution is -0.123. The molecule has 0 radical (unpaired) electrons. The maximum Gasteiger partial charge on any atom is 0.223 e. The van der Waals surface area contributed by atoms with Crippen LogP contribution in [0, 0.1) is 17.7 Å². The van der Waals surface area contributed by atoms with Gasteiger partial charge in [-0.15, -0.1) is 0 Å². The summed E-state index contributed by atoms with van der Waals surface area (Å²) in [6.07, 6.45) is 1.64. The van der Waals surface area contributed by atoms with Crippen LogP contribution < -0.4 is 10.6 Å². The Hall–Kier alpha value is -1.13. The first kappa shape index (κ1) is 14.8. The molecule has 4 unspecified atom stereocenters. The van der Waals surface area contributed by atoms with Crippen LogP contribution in [-0.4, -0.2) is 25.0 Å². The minimum absolute atomic E-state index is 0.0399. The summed E-state index contributed by atoms with van der Waals surface area (Å²) in [6, 6.07) is 4.90. The zero-order valence-corrected chi connectivity index (χ0v) is 12.8. The number of hydrogen-bond acceptors (Lipinski definition) is 2. The minimum atomic E-state index is -0.307. The van der Waals surface area contributed by atoms with Gasteiger partial charge in [0.15, 0.2) is 0 Å². The first-order valence-electron chi connectivity index (χ1n) is 7.53. The van der Waals surface area contributed by atoms with Gasteiger partial charge in [-0.25, -0.2) is 4.39 Å². The molecule has 0 spiro atoms. The van der Waals surface area contributed by atoms with Crippen LogP contribution in [0.5, 0.6) is 0 Å². The van der Waals surface area contributed by atoms with Crippen molar-refractivity contribution in [1.82, 2.24) is 10.6 Å². The van der Waals surface area contributed by atoms with Crippen LogP contribution in [0.1, 0.15) is 31.2 Å². The molecule has 3 rings (SSSR count). The fourth-order valence-electron chi connectivity index (χ4n) is 3.19. The lowest BCUT2D eigenvalue weighted by Crippen LogP contribution is -2.48. The maximum atomic E-state index is 13.9. The fourth-order valence-corrected chi connectivity index (χ4v) is 3.49. The predicted octanol–water partition coefficient (Wildman–Crippen LogP) is 2.70. The second-order valence-electron chi connectivity index (χ2n) is 6.17. The number of amides is 1. The zero-order chi connectivity index (χ0) is 15.0. The van der Waals surface area contributed by atoms with Gasteiger partial charge in [0.05, 0.1) is 0 Å². The Bertz CT molecular complexity index is 531. The van der Waals surface area contributed by atoms with Gasteiger partial charge < -0.3 is 10.6 Å². The molecule has 1 saturated heterocycles. The van der Waals surface area contributed by atoms with E-state index < -0.39 is 0 Å². The molecule has 2 fully saturated rings.